The van der Waals surface area contributed by atoms with Crippen LogP contribution < -0.4 is 10.6 Å². The molecule has 0 atom stereocenters. The molecule has 3 heterocycles. The Balaban J connectivity index is 1.51. The third-order valence-electron chi connectivity index (χ3n) is 4.09. The second-order valence-electron chi connectivity index (χ2n) is 6.24. The maximum absolute atomic E-state index is 12.4. The van der Waals surface area contributed by atoms with Gasteiger partial charge in [-0.15, -0.1) is 0 Å². The lowest BCUT2D eigenvalue weighted by Gasteiger charge is -2.19. The maximum atomic E-state index is 12.4. The molecule has 7 nitrogen and oxygen atoms in total. The summed E-state index contributed by atoms with van der Waals surface area (Å²) in [6.07, 6.45) is 13.9. The molecule has 0 aliphatic carbocycles. The number of carbonyl (C=O) groups excluding carboxylic acids is 1. The molecule has 29 heavy (non-hydrogen) atoms. The summed E-state index contributed by atoms with van der Waals surface area (Å²) in [7, 11) is 0. The van der Waals surface area contributed by atoms with Crippen LogP contribution in [-0.2, 0) is 0 Å². The number of urea groups is 1. The highest BCUT2D eigenvalue weighted by Gasteiger charge is 2.12. The Labute approximate surface area is 172 Å². The summed E-state index contributed by atoms with van der Waals surface area (Å²) in [6, 6.07) is 8.93. The number of amides is 2. The molecule has 4 rings (SSSR count). The standard InChI is InChI=1S/C21H17ClN6O/c22-16-5-4-6-17(10-16)25-20-14-24-13-19(27-20)15-9-18(12-23-11-15)26-21(29)28-7-2-1-3-8-28/h1-7,9-14H,8H2,(H,25,27)(H,26,29). The minimum absolute atomic E-state index is 0.230. The number of nitrogens with one attached hydrogen (secondary N) is 2. The highest BCUT2D eigenvalue weighted by atomic mass is 35.5. The molecule has 1 aliphatic rings. The molecule has 144 valence electrons. The van der Waals surface area contributed by atoms with Crippen molar-refractivity contribution in [2.24, 2.45) is 0 Å². The summed E-state index contributed by atoms with van der Waals surface area (Å²) < 4.78 is 0. The quantitative estimate of drug-likeness (QED) is 0.649. The molecule has 0 spiro atoms. The zero-order valence-electron chi connectivity index (χ0n) is 15.3. The minimum Gasteiger partial charge on any atom is -0.339 e. The number of nitrogens with zero attached hydrogens (tertiary/aromatic N) is 4. The fourth-order valence-electron chi connectivity index (χ4n) is 2.74. The van der Waals surface area contributed by atoms with Crippen LogP contribution in [0.4, 0.5) is 22.0 Å². The van der Waals surface area contributed by atoms with Gasteiger partial charge in [0.25, 0.3) is 0 Å². The Bertz CT molecular complexity index is 1100. The van der Waals surface area contributed by atoms with E-state index >= 15 is 0 Å². The van der Waals surface area contributed by atoms with Crippen LogP contribution in [0.1, 0.15) is 0 Å². The normalized spacial score (nSPS) is 12.7. The molecular weight excluding hydrogens is 388 g/mol. The largest absolute Gasteiger partial charge is 0.339 e. The van der Waals surface area contributed by atoms with Crippen molar-refractivity contribution in [3.05, 3.63) is 84.6 Å². The van der Waals surface area contributed by atoms with Crippen LogP contribution in [0.25, 0.3) is 11.3 Å². The van der Waals surface area contributed by atoms with Crippen molar-refractivity contribution in [2.75, 3.05) is 17.2 Å². The smallest absolute Gasteiger partial charge is 0.326 e. The fraction of sp³-hybridized carbons (Fsp3) is 0.0476. The third-order valence-corrected chi connectivity index (χ3v) is 4.33. The van der Waals surface area contributed by atoms with Gasteiger partial charge >= 0.3 is 6.03 Å². The van der Waals surface area contributed by atoms with Gasteiger partial charge in [-0.2, -0.15) is 0 Å². The van der Waals surface area contributed by atoms with E-state index in [0.29, 0.717) is 28.8 Å². The zero-order chi connectivity index (χ0) is 20.1. The van der Waals surface area contributed by atoms with Crippen molar-refractivity contribution >= 4 is 34.8 Å². The number of anilines is 3. The highest BCUT2D eigenvalue weighted by molar-refractivity contribution is 6.30. The molecule has 0 fully saturated rings. The van der Waals surface area contributed by atoms with Crippen molar-refractivity contribution in [2.45, 2.75) is 0 Å². The summed E-state index contributed by atoms with van der Waals surface area (Å²) in [6.45, 7) is 0.526. The van der Waals surface area contributed by atoms with Gasteiger partial charge in [0.05, 0.1) is 30.0 Å². The molecule has 2 amide bonds. The van der Waals surface area contributed by atoms with Gasteiger partial charge in [-0.1, -0.05) is 29.8 Å². The Kier molecular flexibility index (Phi) is 5.49. The fourth-order valence-corrected chi connectivity index (χ4v) is 2.93. The molecule has 0 bridgehead atoms. The van der Waals surface area contributed by atoms with Crippen LogP contribution in [0.3, 0.4) is 0 Å². The van der Waals surface area contributed by atoms with Crippen molar-refractivity contribution in [3.63, 3.8) is 0 Å². The lowest BCUT2D eigenvalue weighted by molar-refractivity contribution is 0.231. The van der Waals surface area contributed by atoms with Crippen LogP contribution in [-0.4, -0.2) is 32.4 Å². The van der Waals surface area contributed by atoms with Crippen molar-refractivity contribution in [1.29, 1.82) is 0 Å². The molecule has 0 saturated heterocycles. The van der Waals surface area contributed by atoms with E-state index in [0.717, 1.165) is 11.3 Å². The van der Waals surface area contributed by atoms with Gasteiger partial charge in [0.15, 0.2) is 0 Å². The number of halogens is 1. The highest BCUT2D eigenvalue weighted by Crippen LogP contribution is 2.23. The molecule has 1 aliphatic heterocycles. The molecule has 2 aromatic heterocycles. The summed E-state index contributed by atoms with van der Waals surface area (Å²) in [5.74, 6) is 0.574. The number of rotatable bonds is 4. The number of pyridine rings is 1. The molecule has 0 radical (unpaired) electrons. The number of hydrogen-bond acceptors (Lipinski definition) is 5. The van der Waals surface area contributed by atoms with E-state index in [-0.39, 0.29) is 6.03 Å². The Hall–Kier alpha value is -3.71. The average Bonchev–Trinajstić information content (AvgIpc) is 2.75. The van der Waals surface area contributed by atoms with Crippen LogP contribution in [0.15, 0.2) is 79.5 Å². The predicted octanol–water partition coefficient (Wildman–Crippen LogP) is 4.85. The summed E-state index contributed by atoms with van der Waals surface area (Å²) in [5, 5.41) is 6.65. The first-order valence-electron chi connectivity index (χ1n) is 8.88. The molecule has 0 unspecified atom stereocenters. The van der Waals surface area contributed by atoms with E-state index in [1.807, 2.05) is 36.4 Å². The topological polar surface area (TPSA) is 83.0 Å². The Morgan fingerprint density at radius 3 is 2.76 bits per heavy atom. The number of allylic oxidation sites excluding steroid dienone is 2. The SMILES string of the molecule is O=C(Nc1cncc(-c2cncc(Nc3cccc(Cl)c3)n2)c1)N1C=CC=CC1. The summed E-state index contributed by atoms with van der Waals surface area (Å²) in [5.41, 5.74) is 2.75. The number of hydrogen-bond donors (Lipinski definition) is 2. The van der Waals surface area contributed by atoms with Gasteiger partial charge in [-0.25, -0.2) is 9.78 Å². The van der Waals surface area contributed by atoms with Crippen molar-refractivity contribution in [3.8, 4) is 11.3 Å². The number of benzene rings is 1. The summed E-state index contributed by atoms with van der Waals surface area (Å²) >= 11 is 6.02. The average molecular weight is 405 g/mol. The zero-order valence-corrected chi connectivity index (χ0v) is 16.0. The van der Waals surface area contributed by atoms with Gasteiger partial charge in [-0.3, -0.25) is 14.9 Å². The molecule has 1 aromatic carbocycles. The van der Waals surface area contributed by atoms with E-state index < -0.39 is 0 Å². The van der Waals surface area contributed by atoms with E-state index in [1.165, 1.54) is 0 Å². The Morgan fingerprint density at radius 2 is 1.93 bits per heavy atom. The third kappa shape index (κ3) is 4.77. The molecular formula is C21H17ClN6O. The monoisotopic (exact) mass is 404 g/mol. The first-order chi connectivity index (χ1) is 14.2. The van der Waals surface area contributed by atoms with Gasteiger partial charge in [0, 0.05) is 35.2 Å². The molecule has 2 N–H and O–H groups in total. The maximum Gasteiger partial charge on any atom is 0.326 e. The number of carbonyl (C=O) groups is 1. The second kappa shape index (κ2) is 8.53. The first kappa shape index (κ1) is 18.6. The van der Waals surface area contributed by atoms with E-state index in [1.54, 1.807) is 48.0 Å². The van der Waals surface area contributed by atoms with Gasteiger partial charge < -0.3 is 10.6 Å². The lowest BCUT2D eigenvalue weighted by atomic mass is 10.2. The second-order valence-corrected chi connectivity index (χ2v) is 6.68. The van der Waals surface area contributed by atoms with Crippen LogP contribution >= 0.6 is 11.6 Å². The van der Waals surface area contributed by atoms with Gasteiger partial charge in [0.1, 0.15) is 5.82 Å². The lowest BCUT2D eigenvalue weighted by Crippen LogP contribution is -2.31. The molecule has 0 saturated carbocycles. The molecule has 3 aromatic rings. The van der Waals surface area contributed by atoms with E-state index in [4.69, 9.17) is 11.6 Å². The first-order valence-corrected chi connectivity index (χ1v) is 9.26. The Morgan fingerprint density at radius 1 is 1.03 bits per heavy atom. The number of aromatic nitrogens is 3. The van der Waals surface area contributed by atoms with E-state index in [9.17, 15) is 4.79 Å². The van der Waals surface area contributed by atoms with Crippen LogP contribution in [0, 0.1) is 0 Å². The van der Waals surface area contributed by atoms with Crippen LogP contribution in [0.5, 0.6) is 0 Å². The van der Waals surface area contributed by atoms with E-state index in [2.05, 4.69) is 25.6 Å². The van der Waals surface area contributed by atoms with Crippen LogP contribution in [0.2, 0.25) is 5.02 Å². The molecule has 8 heteroatoms. The van der Waals surface area contributed by atoms with Crippen molar-refractivity contribution < 1.29 is 4.79 Å². The van der Waals surface area contributed by atoms with Gasteiger partial charge in [0.2, 0.25) is 0 Å². The predicted molar refractivity (Wildman–Crippen MR) is 114 cm³/mol. The van der Waals surface area contributed by atoms with Crippen molar-refractivity contribution in [1.82, 2.24) is 19.9 Å². The van der Waals surface area contributed by atoms with Gasteiger partial charge in [-0.05, 0) is 30.3 Å². The summed E-state index contributed by atoms with van der Waals surface area (Å²) in [4.78, 5) is 27.0. The minimum atomic E-state index is -0.230.